The summed E-state index contributed by atoms with van der Waals surface area (Å²) in [6.45, 7) is 4.46. The molecular weight excluding hydrogens is 303 g/mol. The number of aromatic nitrogens is 1. The van der Waals surface area contributed by atoms with Gasteiger partial charge in [0, 0.05) is 25.4 Å². The van der Waals surface area contributed by atoms with E-state index in [0.717, 1.165) is 23.1 Å². The average molecular weight is 326 g/mol. The van der Waals surface area contributed by atoms with Crippen molar-refractivity contribution in [1.29, 1.82) is 0 Å². The van der Waals surface area contributed by atoms with Crippen LogP contribution in [0.25, 0.3) is 11.1 Å². The molecule has 5 nitrogen and oxygen atoms in total. The van der Waals surface area contributed by atoms with Crippen molar-refractivity contribution in [2.24, 2.45) is 5.92 Å². The van der Waals surface area contributed by atoms with Gasteiger partial charge >= 0.3 is 7.12 Å². The fourth-order valence-corrected chi connectivity index (χ4v) is 2.41. The van der Waals surface area contributed by atoms with E-state index in [-0.39, 0.29) is 5.91 Å². The summed E-state index contributed by atoms with van der Waals surface area (Å²) < 4.78 is 0. The Morgan fingerprint density at radius 3 is 2.54 bits per heavy atom. The molecule has 0 aliphatic rings. The third-order valence-corrected chi connectivity index (χ3v) is 4.05. The van der Waals surface area contributed by atoms with Crippen LogP contribution in [0.1, 0.15) is 32.3 Å². The van der Waals surface area contributed by atoms with E-state index in [1.165, 1.54) is 0 Å². The maximum Gasteiger partial charge on any atom is 0.488 e. The van der Waals surface area contributed by atoms with Crippen LogP contribution in [0.2, 0.25) is 0 Å². The molecule has 1 aromatic heterocycles. The summed E-state index contributed by atoms with van der Waals surface area (Å²) in [5.41, 5.74) is 3.01. The Bertz CT molecular complexity index is 677. The molecule has 1 amide bonds. The van der Waals surface area contributed by atoms with Crippen LogP contribution in [0.5, 0.6) is 0 Å². The predicted octanol–water partition coefficient (Wildman–Crippen LogP) is 1.48. The van der Waals surface area contributed by atoms with Gasteiger partial charge in [-0.05, 0) is 46.3 Å². The molecule has 1 atom stereocenters. The molecule has 0 bridgehead atoms. The highest BCUT2D eigenvalue weighted by Crippen LogP contribution is 2.19. The Hall–Kier alpha value is -2.18. The molecular formula is C18H23BN2O3. The second-order valence-electron chi connectivity index (χ2n) is 6.07. The van der Waals surface area contributed by atoms with E-state index in [1.807, 2.05) is 25.1 Å². The number of hydrogen-bond donors (Lipinski definition) is 3. The zero-order valence-corrected chi connectivity index (χ0v) is 14.1. The number of pyridine rings is 1. The van der Waals surface area contributed by atoms with Crippen molar-refractivity contribution in [3.05, 3.63) is 48.3 Å². The van der Waals surface area contributed by atoms with Gasteiger partial charge in [-0.15, -0.1) is 0 Å². The monoisotopic (exact) mass is 326 g/mol. The minimum atomic E-state index is -1.55. The normalized spacial score (nSPS) is 11.8. The number of carbonyl (C=O) groups excluding carboxylic acids is 1. The van der Waals surface area contributed by atoms with Gasteiger partial charge in [-0.2, -0.15) is 0 Å². The van der Waals surface area contributed by atoms with E-state index in [2.05, 4.69) is 17.2 Å². The predicted molar refractivity (Wildman–Crippen MR) is 95.4 cm³/mol. The van der Waals surface area contributed by atoms with Crippen LogP contribution in [0.15, 0.2) is 42.7 Å². The Morgan fingerprint density at radius 2 is 1.92 bits per heavy atom. The van der Waals surface area contributed by atoms with Crippen molar-refractivity contribution in [3.8, 4) is 11.1 Å². The van der Waals surface area contributed by atoms with E-state index in [9.17, 15) is 14.8 Å². The van der Waals surface area contributed by atoms with Gasteiger partial charge in [0.25, 0.3) is 0 Å². The van der Waals surface area contributed by atoms with Gasteiger partial charge in [0.1, 0.15) is 0 Å². The number of carbonyl (C=O) groups is 1. The summed E-state index contributed by atoms with van der Waals surface area (Å²) in [4.78, 5) is 15.9. The quantitative estimate of drug-likeness (QED) is 0.673. The molecule has 0 aliphatic carbocycles. The molecule has 2 rings (SSSR count). The van der Waals surface area contributed by atoms with Gasteiger partial charge in [-0.25, -0.2) is 0 Å². The molecule has 0 saturated heterocycles. The third kappa shape index (κ3) is 5.18. The average Bonchev–Trinajstić information content (AvgIpc) is 2.60. The highest BCUT2D eigenvalue weighted by atomic mass is 16.4. The lowest BCUT2D eigenvalue weighted by Crippen LogP contribution is -2.31. The van der Waals surface area contributed by atoms with E-state index >= 15 is 0 Å². The SMILES string of the molecule is CCC(C)CC(=O)NCc1cc(B(O)O)cc(-c2ccncc2)c1. The second kappa shape index (κ2) is 8.61. The first-order valence-electron chi connectivity index (χ1n) is 8.16. The number of nitrogens with one attached hydrogen (secondary N) is 1. The Balaban J connectivity index is 2.17. The lowest BCUT2D eigenvalue weighted by Gasteiger charge is -2.12. The van der Waals surface area contributed by atoms with Gasteiger partial charge in [-0.1, -0.05) is 32.4 Å². The molecule has 1 heterocycles. The Labute approximate surface area is 142 Å². The highest BCUT2D eigenvalue weighted by molar-refractivity contribution is 6.58. The maximum absolute atomic E-state index is 11.9. The largest absolute Gasteiger partial charge is 0.488 e. The first-order chi connectivity index (χ1) is 11.5. The molecule has 24 heavy (non-hydrogen) atoms. The number of amides is 1. The van der Waals surface area contributed by atoms with E-state index < -0.39 is 7.12 Å². The van der Waals surface area contributed by atoms with E-state index in [4.69, 9.17) is 0 Å². The molecule has 1 unspecified atom stereocenters. The van der Waals surface area contributed by atoms with Crippen LogP contribution in [0, 0.1) is 5.92 Å². The Morgan fingerprint density at radius 1 is 1.21 bits per heavy atom. The molecule has 126 valence electrons. The first kappa shape index (κ1) is 18.2. The molecule has 0 fully saturated rings. The Kier molecular flexibility index (Phi) is 6.52. The summed E-state index contributed by atoms with van der Waals surface area (Å²) in [5.74, 6) is 0.354. The third-order valence-electron chi connectivity index (χ3n) is 4.05. The standard InChI is InChI=1S/C18H23BN2O3/c1-3-13(2)8-18(22)21-12-14-9-16(11-17(10-14)19(23)24)15-4-6-20-7-5-15/h4-7,9-11,13,23-24H,3,8,12H2,1-2H3,(H,21,22). The summed E-state index contributed by atoms with van der Waals surface area (Å²) >= 11 is 0. The fraction of sp³-hybridized carbons (Fsp3) is 0.333. The van der Waals surface area contributed by atoms with Crippen LogP contribution in [0.3, 0.4) is 0 Å². The lowest BCUT2D eigenvalue weighted by atomic mass is 9.78. The lowest BCUT2D eigenvalue weighted by molar-refractivity contribution is -0.122. The molecule has 0 spiro atoms. The van der Waals surface area contributed by atoms with Crippen LogP contribution in [0.4, 0.5) is 0 Å². The molecule has 0 aliphatic heterocycles. The van der Waals surface area contributed by atoms with E-state index in [1.54, 1.807) is 24.5 Å². The summed E-state index contributed by atoms with van der Waals surface area (Å²) in [6.07, 6.45) is 4.83. The molecule has 0 saturated carbocycles. The van der Waals surface area contributed by atoms with Gasteiger partial charge in [0.05, 0.1) is 0 Å². The maximum atomic E-state index is 11.9. The highest BCUT2D eigenvalue weighted by Gasteiger charge is 2.14. The second-order valence-corrected chi connectivity index (χ2v) is 6.07. The minimum Gasteiger partial charge on any atom is -0.423 e. The smallest absolute Gasteiger partial charge is 0.423 e. The first-order valence-corrected chi connectivity index (χ1v) is 8.16. The molecule has 0 radical (unpaired) electrons. The summed E-state index contributed by atoms with van der Waals surface area (Å²) in [5, 5.41) is 21.9. The van der Waals surface area contributed by atoms with Crippen molar-refractivity contribution in [2.45, 2.75) is 33.2 Å². The summed E-state index contributed by atoms with van der Waals surface area (Å²) in [6, 6.07) is 9.07. The number of hydrogen-bond acceptors (Lipinski definition) is 4. The van der Waals surface area contributed by atoms with E-state index in [0.29, 0.717) is 24.3 Å². The number of benzene rings is 1. The van der Waals surface area contributed by atoms with Crippen molar-refractivity contribution in [1.82, 2.24) is 10.3 Å². The van der Waals surface area contributed by atoms with Gasteiger partial charge < -0.3 is 15.4 Å². The molecule has 6 heteroatoms. The van der Waals surface area contributed by atoms with Gasteiger partial charge in [-0.3, -0.25) is 9.78 Å². The topological polar surface area (TPSA) is 82.5 Å². The number of rotatable bonds is 7. The van der Waals surface area contributed by atoms with Crippen LogP contribution in [-0.2, 0) is 11.3 Å². The fourth-order valence-electron chi connectivity index (χ4n) is 2.41. The molecule has 1 aromatic carbocycles. The zero-order chi connectivity index (χ0) is 17.5. The number of nitrogens with zero attached hydrogens (tertiary/aromatic N) is 1. The van der Waals surface area contributed by atoms with Crippen molar-refractivity contribution in [3.63, 3.8) is 0 Å². The zero-order valence-electron chi connectivity index (χ0n) is 14.1. The van der Waals surface area contributed by atoms with Crippen LogP contribution >= 0.6 is 0 Å². The molecule has 2 aromatic rings. The minimum absolute atomic E-state index is 0.00441. The summed E-state index contributed by atoms with van der Waals surface area (Å²) in [7, 11) is -1.55. The van der Waals surface area contributed by atoms with Crippen LogP contribution < -0.4 is 10.8 Å². The van der Waals surface area contributed by atoms with Gasteiger partial charge in [0.15, 0.2) is 0 Å². The van der Waals surface area contributed by atoms with Crippen molar-refractivity contribution >= 4 is 18.5 Å². The molecule has 3 N–H and O–H groups in total. The van der Waals surface area contributed by atoms with Crippen LogP contribution in [-0.4, -0.2) is 28.1 Å². The van der Waals surface area contributed by atoms with Gasteiger partial charge in [0.2, 0.25) is 5.91 Å². The van der Waals surface area contributed by atoms with Crippen molar-refractivity contribution < 1.29 is 14.8 Å². The van der Waals surface area contributed by atoms with Crippen molar-refractivity contribution in [2.75, 3.05) is 0 Å².